The van der Waals surface area contributed by atoms with Crippen molar-refractivity contribution in [2.45, 2.75) is 69.9 Å². The van der Waals surface area contributed by atoms with Gasteiger partial charge in [-0.2, -0.15) is 0 Å². The van der Waals surface area contributed by atoms with Crippen LogP contribution >= 0.6 is 0 Å². The fraction of sp³-hybridized carbons (Fsp3) is 1.00. The number of rotatable bonds is 4. The van der Waals surface area contributed by atoms with Crippen molar-refractivity contribution in [3.05, 3.63) is 0 Å². The van der Waals surface area contributed by atoms with Crippen molar-refractivity contribution >= 4 is 0 Å². The summed E-state index contributed by atoms with van der Waals surface area (Å²) in [6, 6.07) is 0.723. The maximum absolute atomic E-state index is 9.88. The first-order chi connectivity index (χ1) is 7.80. The van der Waals surface area contributed by atoms with E-state index in [4.69, 9.17) is 0 Å². The second kappa shape index (κ2) is 4.30. The molecule has 16 heavy (non-hydrogen) atoms. The van der Waals surface area contributed by atoms with Crippen molar-refractivity contribution in [2.75, 3.05) is 6.54 Å². The Morgan fingerprint density at radius 1 is 1.06 bits per heavy atom. The summed E-state index contributed by atoms with van der Waals surface area (Å²) >= 11 is 0. The van der Waals surface area contributed by atoms with Gasteiger partial charge in [-0.05, 0) is 49.9 Å². The molecule has 0 amide bonds. The van der Waals surface area contributed by atoms with Crippen LogP contribution in [0.3, 0.4) is 0 Å². The Hall–Kier alpha value is -0.0800. The van der Waals surface area contributed by atoms with E-state index in [1.165, 1.54) is 57.8 Å². The summed E-state index contributed by atoms with van der Waals surface area (Å²) in [7, 11) is 0. The second-order valence-corrected chi connectivity index (χ2v) is 6.33. The van der Waals surface area contributed by atoms with E-state index in [1.54, 1.807) is 0 Å². The van der Waals surface area contributed by atoms with Gasteiger partial charge in [0, 0.05) is 12.6 Å². The molecule has 2 heteroatoms. The lowest BCUT2D eigenvalue weighted by molar-refractivity contribution is 0.0141. The van der Waals surface area contributed by atoms with Gasteiger partial charge in [-0.25, -0.2) is 0 Å². The zero-order chi connectivity index (χ0) is 11.0. The van der Waals surface area contributed by atoms with Crippen molar-refractivity contribution in [3.8, 4) is 0 Å². The van der Waals surface area contributed by atoms with E-state index in [0.717, 1.165) is 12.6 Å². The molecule has 3 aliphatic carbocycles. The molecule has 0 saturated heterocycles. The Balaban J connectivity index is 1.47. The van der Waals surface area contributed by atoms with E-state index in [-0.39, 0.29) is 6.10 Å². The van der Waals surface area contributed by atoms with E-state index in [2.05, 4.69) is 5.32 Å². The fourth-order valence-electron chi connectivity index (χ4n) is 3.78. The summed E-state index contributed by atoms with van der Waals surface area (Å²) in [5.74, 6) is 0.620. The van der Waals surface area contributed by atoms with Crippen LogP contribution in [0.2, 0.25) is 0 Å². The molecule has 1 spiro atoms. The fourth-order valence-corrected chi connectivity index (χ4v) is 3.78. The zero-order valence-electron chi connectivity index (χ0n) is 10.3. The lowest BCUT2D eigenvalue weighted by Crippen LogP contribution is -2.55. The summed E-state index contributed by atoms with van der Waals surface area (Å²) in [6.07, 6.45) is 12.4. The number of aliphatic hydroxyl groups excluding tert-OH is 1. The first kappa shape index (κ1) is 11.0. The first-order valence-electron chi connectivity index (χ1n) is 7.22. The van der Waals surface area contributed by atoms with E-state index < -0.39 is 0 Å². The quantitative estimate of drug-likeness (QED) is 0.767. The Labute approximate surface area is 98.8 Å². The van der Waals surface area contributed by atoms with Gasteiger partial charge < -0.3 is 10.4 Å². The third-order valence-corrected chi connectivity index (χ3v) is 5.26. The third-order valence-electron chi connectivity index (χ3n) is 5.26. The molecule has 2 unspecified atom stereocenters. The SMILES string of the molecule is OC(CNC1CCC12CCCCC2)C1CC1. The maximum Gasteiger partial charge on any atom is 0.0692 e. The van der Waals surface area contributed by atoms with E-state index in [9.17, 15) is 5.11 Å². The molecular formula is C14H25NO. The van der Waals surface area contributed by atoms with Gasteiger partial charge in [-0.1, -0.05) is 19.3 Å². The molecule has 3 fully saturated rings. The van der Waals surface area contributed by atoms with Gasteiger partial charge in [-0.3, -0.25) is 0 Å². The van der Waals surface area contributed by atoms with Crippen LogP contribution in [0.5, 0.6) is 0 Å². The Bertz CT molecular complexity index is 243. The molecule has 2 nitrogen and oxygen atoms in total. The highest BCUT2D eigenvalue weighted by molar-refractivity contribution is 5.02. The molecule has 0 bridgehead atoms. The highest BCUT2D eigenvalue weighted by Gasteiger charge is 2.46. The first-order valence-corrected chi connectivity index (χ1v) is 7.22. The lowest BCUT2D eigenvalue weighted by Gasteiger charge is -2.53. The Kier molecular flexibility index (Phi) is 2.97. The predicted octanol–water partition coefficient (Wildman–Crippen LogP) is 2.46. The number of aliphatic hydroxyl groups is 1. The van der Waals surface area contributed by atoms with Crippen molar-refractivity contribution in [3.63, 3.8) is 0 Å². The van der Waals surface area contributed by atoms with Crippen molar-refractivity contribution < 1.29 is 5.11 Å². The van der Waals surface area contributed by atoms with Gasteiger partial charge in [0.05, 0.1) is 6.10 Å². The molecule has 0 radical (unpaired) electrons. The van der Waals surface area contributed by atoms with E-state index in [0.29, 0.717) is 11.3 Å². The average Bonchev–Trinajstić information content (AvgIpc) is 3.12. The van der Waals surface area contributed by atoms with Gasteiger partial charge in [0.2, 0.25) is 0 Å². The third kappa shape index (κ3) is 2.02. The second-order valence-electron chi connectivity index (χ2n) is 6.33. The largest absolute Gasteiger partial charge is 0.392 e. The van der Waals surface area contributed by atoms with Crippen molar-refractivity contribution in [1.82, 2.24) is 5.32 Å². The standard InChI is InChI=1S/C14H25NO/c16-12(11-4-5-11)10-15-13-6-9-14(13)7-2-1-3-8-14/h11-13,15-16H,1-10H2. The summed E-state index contributed by atoms with van der Waals surface area (Å²) in [5, 5.41) is 13.5. The molecule has 0 aromatic rings. The highest BCUT2D eigenvalue weighted by atomic mass is 16.3. The van der Waals surface area contributed by atoms with Crippen molar-refractivity contribution in [2.24, 2.45) is 11.3 Å². The molecule has 3 rings (SSSR count). The smallest absolute Gasteiger partial charge is 0.0692 e. The summed E-state index contributed by atoms with van der Waals surface area (Å²) in [6.45, 7) is 0.844. The number of nitrogens with one attached hydrogen (secondary N) is 1. The van der Waals surface area contributed by atoms with Gasteiger partial charge in [-0.15, -0.1) is 0 Å². The minimum atomic E-state index is -0.0683. The van der Waals surface area contributed by atoms with E-state index in [1.807, 2.05) is 0 Å². The molecule has 0 aromatic carbocycles. The average molecular weight is 223 g/mol. The molecule has 3 aliphatic rings. The summed E-state index contributed by atoms with van der Waals surface area (Å²) < 4.78 is 0. The molecule has 2 atom stereocenters. The van der Waals surface area contributed by atoms with Crippen LogP contribution in [0.15, 0.2) is 0 Å². The minimum Gasteiger partial charge on any atom is -0.392 e. The topological polar surface area (TPSA) is 32.3 Å². The monoisotopic (exact) mass is 223 g/mol. The minimum absolute atomic E-state index is 0.0683. The van der Waals surface area contributed by atoms with Gasteiger partial charge in [0.25, 0.3) is 0 Å². The van der Waals surface area contributed by atoms with Crippen LogP contribution in [0.4, 0.5) is 0 Å². The van der Waals surface area contributed by atoms with Crippen LogP contribution in [0.1, 0.15) is 57.8 Å². The van der Waals surface area contributed by atoms with Crippen LogP contribution in [-0.2, 0) is 0 Å². The molecule has 0 aromatic heterocycles. The number of hydrogen-bond acceptors (Lipinski definition) is 2. The summed E-state index contributed by atoms with van der Waals surface area (Å²) in [4.78, 5) is 0. The van der Waals surface area contributed by atoms with Gasteiger partial charge >= 0.3 is 0 Å². The zero-order valence-corrected chi connectivity index (χ0v) is 10.3. The maximum atomic E-state index is 9.88. The highest BCUT2D eigenvalue weighted by Crippen LogP contribution is 2.51. The van der Waals surface area contributed by atoms with Gasteiger partial charge in [0.15, 0.2) is 0 Å². The molecule has 2 N–H and O–H groups in total. The lowest BCUT2D eigenvalue weighted by atomic mass is 9.57. The van der Waals surface area contributed by atoms with Gasteiger partial charge in [0.1, 0.15) is 0 Å². The summed E-state index contributed by atoms with van der Waals surface area (Å²) in [5.41, 5.74) is 0.640. The van der Waals surface area contributed by atoms with E-state index >= 15 is 0 Å². The van der Waals surface area contributed by atoms with Crippen LogP contribution in [0, 0.1) is 11.3 Å². The van der Waals surface area contributed by atoms with Crippen molar-refractivity contribution in [1.29, 1.82) is 0 Å². The van der Waals surface area contributed by atoms with Crippen LogP contribution in [-0.4, -0.2) is 23.8 Å². The number of hydrogen-bond donors (Lipinski definition) is 2. The molecule has 92 valence electrons. The molecule has 0 heterocycles. The molecular weight excluding hydrogens is 198 g/mol. The predicted molar refractivity (Wildman–Crippen MR) is 65.3 cm³/mol. The molecule has 0 aliphatic heterocycles. The normalized spacial score (nSPS) is 34.7. The Morgan fingerprint density at radius 3 is 2.38 bits per heavy atom. The Morgan fingerprint density at radius 2 is 1.81 bits per heavy atom. The molecule has 3 saturated carbocycles. The van der Waals surface area contributed by atoms with Crippen LogP contribution < -0.4 is 5.32 Å². The van der Waals surface area contributed by atoms with Crippen LogP contribution in [0.25, 0.3) is 0 Å².